The van der Waals surface area contributed by atoms with Crippen molar-refractivity contribution in [2.24, 2.45) is 5.92 Å². The number of halogens is 1. The summed E-state index contributed by atoms with van der Waals surface area (Å²) in [6.07, 6.45) is 4.00. The second kappa shape index (κ2) is 4.58. The summed E-state index contributed by atoms with van der Waals surface area (Å²) < 4.78 is 0. The predicted octanol–water partition coefficient (Wildman–Crippen LogP) is 3.06. The minimum atomic E-state index is 0.536. The quantitative estimate of drug-likeness (QED) is 0.706. The van der Waals surface area contributed by atoms with Gasteiger partial charge >= 0.3 is 0 Å². The van der Waals surface area contributed by atoms with Gasteiger partial charge < -0.3 is 4.90 Å². The molecule has 0 spiro atoms. The first kappa shape index (κ1) is 11.6. The van der Waals surface area contributed by atoms with Gasteiger partial charge in [-0.05, 0) is 32.6 Å². The smallest absolute Gasteiger partial charge is 0.137 e. The molecule has 1 aliphatic heterocycles. The average Bonchev–Trinajstić information content (AvgIpc) is 2.23. The minimum absolute atomic E-state index is 0.536. The summed E-state index contributed by atoms with van der Waals surface area (Å²) in [5.41, 5.74) is 0.991. The van der Waals surface area contributed by atoms with Crippen LogP contribution in [0.25, 0.3) is 0 Å². The van der Waals surface area contributed by atoms with Crippen molar-refractivity contribution in [2.75, 3.05) is 11.4 Å². The Morgan fingerprint density at radius 2 is 2.12 bits per heavy atom. The van der Waals surface area contributed by atoms with Gasteiger partial charge in [-0.1, -0.05) is 18.5 Å². The summed E-state index contributed by atoms with van der Waals surface area (Å²) in [6.45, 7) is 7.62. The molecule has 0 bridgehead atoms. The van der Waals surface area contributed by atoms with E-state index in [1.54, 1.807) is 6.33 Å². The zero-order valence-corrected chi connectivity index (χ0v) is 10.8. The normalized spacial score (nSPS) is 25.9. The molecular weight excluding hydrogens is 222 g/mol. The highest BCUT2D eigenvalue weighted by Gasteiger charge is 2.25. The fourth-order valence-electron chi connectivity index (χ4n) is 2.43. The maximum Gasteiger partial charge on any atom is 0.137 e. The van der Waals surface area contributed by atoms with Gasteiger partial charge in [-0.3, -0.25) is 0 Å². The van der Waals surface area contributed by atoms with E-state index < -0.39 is 0 Å². The van der Waals surface area contributed by atoms with Gasteiger partial charge in [0.05, 0.1) is 0 Å². The number of hydrogen-bond donors (Lipinski definition) is 0. The van der Waals surface area contributed by atoms with E-state index in [0.29, 0.717) is 11.2 Å². The van der Waals surface area contributed by atoms with Crippen molar-refractivity contribution in [3.63, 3.8) is 0 Å². The Bertz CT molecular complexity index is 381. The van der Waals surface area contributed by atoms with Crippen LogP contribution in [0.4, 0.5) is 5.82 Å². The Hall–Kier alpha value is -0.830. The van der Waals surface area contributed by atoms with Crippen LogP contribution in [0.5, 0.6) is 0 Å². The standard InChI is InChI=1S/C12H18ClN3/c1-8-4-5-16(9(2)6-8)12-10(3)11(13)14-7-15-12/h7-9H,4-6H2,1-3H3. The van der Waals surface area contributed by atoms with Gasteiger partial charge in [0.1, 0.15) is 17.3 Å². The Kier molecular flexibility index (Phi) is 3.33. The molecule has 2 rings (SSSR count). The molecule has 4 heteroatoms. The highest BCUT2D eigenvalue weighted by molar-refractivity contribution is 6.30. The highest BCUT2D eigenvalue weighted by Crippen LogP contribution is 2.29. The molecule has 0 saturated carbocycles. The van der Waals surface area contributed by atoms with E-state index in [4.69, 9.17) is 11.6 Å². The SMILES string of the molecule is Cc1c(Cl)ncnc1N1CCC(C)CC1C. The fraction of sp³-hybridized carbons (Fsp3) is 0.667. The van der Waals surface area contributed by atoms with Crippen molar-refractivity contribution < 1.29 is 0 Å². The van der Waals surface area contributed by atoms with E-state index in [9.17, 15) is 0 Å². The number of anilines is 1. The van der Waals surface area contributed by atoms with E-state index in [1.165, 1.54) is 12.8 Å². The van der Waals surface area contributed by atoms with Crippen LogP contribution in [0.3, 0.4) is 0 Å². The Balaban J connectivity index is 2.27. The van der Waals surface area contributed by atoms with E-state index in [-0.39, 0.29) is 0 Å². The predicted molar refractivity (Wildman–Crippen MR) is 67.0 cm³/mol. The average molecular weight is 240 g/mol. The van der Waals surface area contributed by atoms with Crippen LogP contribution in [0.15, 0.2) is 6.33 Å². The van der Waals surface area contributed by atoms with Crippen molar-refractivity contribution in [3.8, 4) is 0 Å². The van der Waals surface area contributed by atoms with Crippen molar-refractivity contribution >= 4 is 17.4 Å². The Labute approximate surface area is 102 Å². The topological polar surface area (TPSA) is 29.0 Å². The summed E-state index contributed by atoms with van der Waals surface area (Å²) in [6, 6.07) is 0.536. The zero-order chi connectivity index (χ0) is 11.7. The molecule has 0 amide bonds. The third kappa shape index (κ3) is 2.14. The monoisotopic (exact) mass is 239 g/mol. The maximum atomic E-state index is 6.03. The van der Waals surface area contributed by atoms with Gasteiger partial charge in [0, 0.05) is 18.2 Å². The molecule has 2 atom stereocenters. The molecule has 2 unspecified atom stereocenters. The number of hydrogen-bond acceptors (Lipinski definition) is 3. The number of piperidine rings is 1. The van der Waals surface area contributed by atoms with Crippen LogP contribution in [0, 0.1) is 12.8 Å². The number of aromatic nitrogens is 2. The molecule has 1 aromatic rings. The molecular formula is C12H18ClN3. The fourth-order valence-corrected chi connectivity index (χ4v) is 2.56. The molecule has 0 aliphatic carbocycles. The zero-order valence-electron chi connectivity index (χ0n) is 10.1. The number of rotatable bonds is 1. The molecule has 3 nitrogen and oxygen atoms in total. The van der Waals surface area contributed by atoms with E-state index in [0.717, 1.165) is 23.8 Å². The molecule has 0 N–H and O–H groups in total. The minimum Gasteiger partial charge on any atom is -0.354 e. The van der Waals surface area contributed by atoms with Crippen LogP contribution in [-0.2, 0) is 0 Å². The summed E-state index contributed by atoms with van der Waals surface area (Å²) in [4.78, 5) is 10.7. The van der Waals surface area contributed by atoms with Gasteiger partial charge in [-0.15, -0.1) is 0 Å². The molecule has 0 aromatic carbocycles. The van der Waals surface area contributed by atoms with Crippen molar-refractivity contribution in [2.45, 2.75) is 39.7 Å². The van der Waals surface area contributed by atoms with Gasteiger partial charge in [-0.25, -0.2) is 9.97 Å². The molecule has 1 aromatic heterocycles. The lowest BCUT2D eigenvalue weighted by Gasteiger charge is -2.38. The Morgan fingerprint density at radius 1 is 1.38 bits per heavy atom. The molecule has 1 aliphatic rings. The Morgan fingerprint density at radius 3 is 2.81 bits per heavy atom. The summed E-state index contributed by atoms with van der Waals surface area (Å²) in [7, 11) is 0. The van der Waals surface area contributed by atoms with Crippen LogP contribution in [0.2, 0.25) is 5.15 Å². The summed E-state index contributed by atoms with van der Waals surface area (Å²) in [5.74, 6) is 1.81. The molecule has 16 heavy (non-hydrogen) atoms. The second-order valence-electron chi connectivity index (χ2n) is 4.79. The highest BCUT2D eigenvalue weighted by atomic mass is 35.5. The van der Waals surface area contributed by atoms with Gasteiger partial charge in [0.15, 0.2) is 0 Å². The molecule has 2 heterocycles. The summed E-state index contributed by atoms with van der Waals surface area (Å²) in [5, 5.41) is 0.566. The van der Waals surface area contributed by atoms with Crippen molar-refractivity contribution in [1.29, 1.82) is 0 Å². The second-order valence-corrected chi connectivity index (χ2v) is 5.14. The van der Waals surface area contributed by atoms with Crippen LogP contribution in [0.1, 0.15) is 32.3 Å². The third-order valence-corrected chi connectivity index (χ3v) is 3.79. The first-order valence-electron chi connectivity index (χ1n) is 5.83. The van der Waals surface area contributed by atoms with E-state index >= 15 is 0 Å². The van der Waals surface area contributed by atoms with Gasteiger partial charge in [0.25, 0.3) is 0 Å². The summed E-state index contributed by atoms with van der Waals surface area (Å²) >= 11 is 6.03. The van der Waals surface area contributed by atoms with Crippen LogP contribution >= 0.6 is 11.6 Å². The maximum absolute atomic E-state index is 6.03. The van der Waals surface area contributed by atoms with E-state index in [1.807, 2.05) is 6.92 Å². The van der Waals surface area contributed by atoms with Crippen LogP contribution < -0.4 is 4.90 Å². The van der Waals surface area contributed by atoms with Crippen molar-refractivity contribution in [1.82, 2.24) is 9.97 Å². The molecule has 0 radical (unpaired) electrons. The lowest BCUT2D eigenvalue weighted by molar-refractivity contribution is 0.375. The first-order valence-corrected chi connectivity index (χ1v) is 6.21. The molecule has 88 valence electrons. The first-order chi connectivity index (χ1) is 7.59. The van der Waals surface area contributed by atoms with Gasteiger partial charge in [-0.2, -0.15) is 0 Å². The lowest BCUT2D eigenvalue weighted by atomic mass is 9.93. The van der Waals surface area contributed by atoms with Crippen LogP contribution in [-0.4, -0.2) is 22.6 Å². The molecule has 1 fully saturated rings. The van der Waals surface area contributed by atoms with Gasteiger partial charge in [0.2, 0.25) is 0 Å². The number of nitrogens with zero attached hydrogens (tertiary/aromatic N) is 3. The van der Waals surface area contributed by atoms with E-state index in [2.05, 4.69) is 28.7 Å². The lowest BCUT2D eigenvalue weighted by Crippen LogP contribution is -2.41. The molecule has 1 saturated heterocycles. The van der Waals surface area contributed by atoms with Crippen molar-refractivity contribution in [3.05, 3.63) is 17.0 Å². The third-order valence-electron chi connectivity index (χ3n) is 3.41. The largest absolute Gasteiger partial charge is 0.354 e.